The van der Waals surface area contributed by atoms with E-state index in [4.69, 9.17) is 0 Å². The van der Waals surface area contributed by atoms with Gasteiger partial charge >= 0.3 is 0 Å². The number of nitrogens with zero attached hydrogens (tertiary/aromatic N) is 3. The van der Waals surface area contributed by atoms with E-state index in [2.05, 4.69) is 15.3 Å². The van der Waals surface area contributed by atoms with Crippen LogP contribution in [0.25, 0.3) is 5.82 Å². The lowest BCUT2D eigenvalue weighted by molar-refractivity contribution is 0.0936. The number of hydrogen-bond donors (Lipinski definition) is 1. The summed E-state index contributed by atoms with van der Waals surface area (Å²) in [6.07, 6.45) is 5.43. The second-order valence-electron chi connectivity index (χ2n) is 5.43. The summed E-state index contributed by atoms with van der Waals surface area (Å²) in [5.74, 6) is 0.368. The molecule has 8 heteroatoms. The van der Waals surface area contributed by atoms with Gasteiger partial charge in [0, 0.05) is 18.4 Å². The Bertz CT molecular complexity index is 800. The molecule has 0 unspecified atom stereocenters. The Hall–Kier alpha value is -2.22. The molecule has 0 saturated carbocycles. The summed E-state index contributed by atoms with van der Waals surface area (Å²) in [4.78, 5) is 20.6. The Morgan fingerprint density at radius 3 is 2.86 bits per heavy atom. The molecule has 0 spiro atoms. The van der Waals surface area contributed by atoms with Crippen LogP contribution in [0.4, 0.5) is 0 Å². The third kappa shape index (κ3) is 3.16. The number of sulfone groups is 1. The largest absolute Gasteiger partial charge is 0.347 e. The van der Waals surface area contributed by atoms with Crippen molar-refractivity contribution in [3.05, 3.63) is 42.1 Å². The van der Waals surface area contributed by atoms with Gasteiger partial charge in [-0.2, -0.15) is 0 Å². The highest BCUT2D eigenvalue weighted by Gasteiger charge is 2.29. The maximum Gasteiger partial charge on any atom is 0.270 e. The molecule has 1 N–H and O–H groups in total. The van der Waals surface area contributed by atoms with Crippen molar-refractivity contribution in [3.8, 4) is 5.82 Å². The molecule has 1 saturated heterocycles. The van der Waals surface area contributed by atoms with E-state index < -0.39 is 9.84 Å². The number of hydrogen-bond acceptors (Lipinski definition) is 5. The van der Waals surface area contributed by atoms with E-state index in [-0.39, 0.29) is 29.1 Å². The number of nitrogens with one attached hydrogen (secondary N) is 1. The van der Waals surface area contributed by atoms with Crippen LogP contribution >= 0.6 is 0 Å². The fourth-order valence-electron chi connectivity index (χ4n) is 2.46. The number of rotatable bonds is 3. The van der Waals surface area contributed by atoms with Crippen molar-refractivity contribution in [1.82, 2.24) is 19.9 Å². The molecule has 2 aromatic rings. The van der Waals surface area contributed by atoms with Crippen molar-refractivity contribution in [3.63, 3.8) is 0 Å². The van der Waals surface area contributed by atoms with Crippen LogP contribution in [0.15, 0.2) is 30.9 Å². The standard InChI is InChI=1S/C14H16N4O3S/c1-10-6-12(17-13(7-10)18-4-3-15-9-18)14(19)16-11-2-5-22(20,21)8-11/h3-4,6-7,9,11H,2,5,8H2,1H3,(H,16,19)/t11-/m1/s1. The number of aromatic nitrogens is 3. The number of carbonyl (C=O) groups is 1. The second-order valence-corrected chi connectivity index (χ2v) is 7.66. The summed E-state index contributed by atoms with van der Waals surface area (Å²) in [6.45, 7) is 1.87. The summed E-state index contributed by atoms with van der Waals surface area (Å²) in [5.41, 5.74) is 1.16. The molecule has 7 nitrogen and oxygen atoms in total. The Morgan fingerprint density at radius 2 is 2.23 bits per heavy atom. The van der Waals surface area contributed by atoms with Crippen LogP contribution in [-0.2, 0) is 9.84 Å². The molecule has 3 heterocycles. The average Bonchev–Trinajstić information content (AvgIpc) is 3.08. The molecule has 1 atom stereocenters. The van der Waals surface area contributed by atoms with E-state index in [0.29, 0.717) is 12.2 Å². The maximum atomic E-state index is 12.3. The minimum atomic E-state index is -3.02. The van der Waals surface area contributed by atoms with Gasteiger partial charge in [-0.1, -0.05) is 0 Å². The lowest BCUT2D eigenvalue weighted by atomic mass is 10.2. The van der Waals surface area contributed by atoms with E-state index in [1.807, 2.05) is 13.0 Å². The highest BCUT2D eigenvalue weighted by Crippen LogP contribution is 2.13. The molecular weight excluding hydrogens is 304 g/mol. The number of aryl methyl sites for hydroxylation is 1. The molecule has 1 aliphatic rings. The van der Waals surface area contributed by atoms with E-state index in [0.717, 1.165) is 5.56 Å². The van der Waals surface area contributed by atoms with Gasteiger partial charge in [0.05, 0.1) is 11.5 Å². The third-order valence-electron chi connectivity index (χ3n) is 3.53. The first kappa shape index (κ1) is 14.7. The van der Waals surface area contributed by atoms with Gasteiger partial charge in [0.2, 0.25) is 0 Å². The van der Waals surface area contributed by atoms with Crippen LogP contribution in [0.2, 0.25) is 0 Å². The van der Waals surface area contributed by atoms with Crippen molar-refractivity contribution in [2.75, 3.05) is 11.5 Å². The lowest BCUT2D eigenvalue weighted by Gasteiger charge is -2.12. The van der Waals surface area contributed by atoms with Crippen molar-refractivity contribution in [1.29, 1.82) is 0 Å². The summed E-state index contributed by atoms with van der Waals surface area (Å²) in [6, 6.07) is 3.19. The van der Waals surface area contributed by atoms with E-state index >= 15 is 0 Å². The molecule has 0 aliphatic carbocycles. The van der Waals surface area contributed by atoms with Crippen LogP contribution in [0.1, 0.15) is 22.5 Å². The number of imidazole rings is 1. The molecule has 1 amide bonds. The van der Waals surface area contributed by atoms with Gasteiger partial charge in [0.1, 0.15) is 17.8 Å². The minimum absolute atomic E-state index is 0.00106. The van der Waals surface area contributed by atoms with Gasteiger partial charge in [-0.05, 0) is 31.0 Å². The van der Waals surface area contributed by atoms with Crippen LogP contribution in [0, 0.1) is 6.92 Å². The number of carbonyl (C=O) groups excluding carboxylic acids is 1. The predicted molar refractivity (Wildman–Crippen MR) is 80.6 cm³/mol. The van der Waals surface area contributed by atoms with Gasteiger partial charge in [0.25, 0.3) is 5.91 Å². The summed E-state index contributed by atoms with van der Waals surface area (Å²) >= 11 is 0. The van der Waals surface area contributed by atoms with E-state index in [1.54, 1.807) is 29.4 Å². The molecule has 116 valence electrons. The number of amides is 1. The predicted octanol–water partition coefficient (Wildman–Crippen LogP) is 0.493. The fraction of sp³-hybridized carbons (Fsp3) is 0.357. The zero-order valence-corrected chi connectivity index (χ0v) is 12.9. The minimum Gasteiger partial charge on any atom is -0.347 e. The maximum absolute atomic E-state index is 12.3. The third-order valence-corrected chi connectivity index (χ3v) is 5.29. The first-order valence-corrected chi connectivity index (χ1v) is 8.73. The van der Waals surface area contributed by atoms with Gasteiger partial charge < -0.3 is 5.32 Å². The molecule has 0 radical (unpaired) electrons. The SMILES string of the molecule is Cc1cc(C(=O)N[C@@H]2CCS(=O)(=O)C2)nc(-n2ccnc2)c1. The van der Waals surface area contributed by atoms with Crippen LogP contribution < -0.4 is 5.32 Å². The molecule has 1 fully saturated rings. The second kappa shape index (κ2) is 5.53. The topological polar surface area (TPSA) is 94.0 Å². The van der Waals surface area contributed by atoms with Gasteiger partial charge in [-0.3, -0.25) is 9.36 Å². The highest BCUT2D eigenvalue weighted by molar-refractivity contribution is 7.91. The van der Waals surface area contributed by atoms with Crippen LogP contribution in [0.3, 0.4) is 0 Å². The highest BCUT2D eigenvalue weighted by atomic mass is 32.2. The first-order valence-electron chi connectivity index (χ1n) is 6.91. The molecule has 0 bridgehead atoms. The molecule has 22 heavy (non-hydrogen) atoms. The van der Waals surface area contributed by atoms with Gasteiger partial charge in [0.15, 0.2) is 9.84 Å². The zero-order valence-electron chi connectivity index (χ0n) is 12.1. The number of pyridine rings is 1. The normalized spacial score (nSPS) is 20.0. The molecule has 0 aromatic carbocycles. The Morgan fingerprint density at radius 1 is 1.41 bits per heavy atom. The lowest BCUT2D eigenvalue weighted by Crippen LogP contribution is -2.36. The molecular formula is C14H16N4O3S. The fourth-order valence-corrected chi connectivity index (χ4v) is 4.13. The van der Waals surface area contributed by atoms with E-state index in [9.17, 15) is 13.2 Å². The molecule has 2 aromatic heterocycles. The van der Waals surface area contributed by atoms with E-state index in [1.165, 1.54) is 0 Å². The monoisotopic (exact) mass is 320 g/mol. The van der Waals surface area contributed by atoms with Gasteiger partial charge in [-0.15, -0.1) is 0 Å². The van der Waals surface area contributed by atoms with Gasteiger partial charge in [-0.25, -0.2) is 18.4 Å². The van der Waals surface area contributed by atoms with Crippen molar-refractivity contribution >= 4 is 15.7 Å². The quantitative estimate of drug-likeness (QED) is 0.888. The van der Waals surface area contributed by atoms with Crippen LogP contribution in [0.5, 0.6) is 0 Å². The molecule has 1 aliphatic heterocycles. The Labute approximate surface area is 128 Å². The van der Waals surface area contributed by atoms with Crippen molar-refractivity contribution in [2.24, 2.45) is 0 Å². The first-order chi connectivity index (χ1) is 10.4. The Balaban J connectivity index is 1.81. The Kier molecular flexibility index (Phi) is 3.69. The van der Waals surface area contributed by atoms with Crippen molar-refractivity contribution < 1.29 is 13.2 Å². The molecule has 3 rings (SSSR count). The van der Waals surface area contributed by atoms with Crippen LogP contribution in [-0.4, -0.2) is 46.4 Å². The summed E-state index contributed by atoms with van der Waals surface area (Å²) in [5, 5.41) is 2.75. The summed E-state index contributed by atoms with van der Waals surface area (Å²) < 4.78 is 24.6. The zero-order chi connectivity index (χ0) is 15.7. The van der Waals surface area contributed by atoms with Crippen molar-refractivity contribution in [2.45, 2.75) is 19.4 Å². The smallest absolute Gasteiger partial charge is 0.270 e. The average molecular weight is 320 g/mol. The summed E-state index contributed by atoms with van der Waals surface area (Å²) in [7, 11) is -3.02.